The summed E-state index contributed by atoms with van der Waals surface area (Å²) in [6, 6.07) is 0.0768. The number of hydrogen-bond acceptors (Lipinski definition) is 2. The molecule has 0 amide bonds. The predicted octanol–water partition coefficient (Wildman–Crippen LogP) is 3.75. The van der Waals surface area contributed by atoms with Crippen LogP contribution in [0.4, 0.5) is 8.78 Å². The Hall–Kier alpha value is -0.490. The van der Waals surface area contributed by atoms with E-state index in [-0.39, 0.29) is 24.8 Å². The van der Waals surface area contributed by atoms with E-state index in [4.69, 9.17) is 0 Å². The lowest BCUT2D eigenvalue weighted by Crippen LogP contribution is -2.34. The Labute approximate surface area is 120 Å². The number of hydrogen-bond donors (Lipinski definition) is 1. The summed E-state index contributed by atoms with van der Waals surface area (Å²) in [7, 11) is 1.89. The summed E-state index contributed by atoms with van der Waals surface area (Å²) in [4.78, 5) is 0. The highest BCUT2D eigenvalue weighted by atomic mass is 79.9. The van der Waals surface area contributed by atoms with Gasteiger partial charge in [0.2, 0.25) is 5.92 Å². The highest BCUT2D eigenvalue weighted by Gasteiger charge is 2.38. The van der Waals surface area contributed by atoms with Crippen molar-refractivity contribution < 1.29 is 8.78 Å². The number of rotatable bonds is 4. The maximum absolute atomic E-state index is 13.3. The molecule has 6 heteroatoms. The van der Waals surface area contributed by atoms with Crippen LogP contribution in [0.5, 0.6) is 0 Å². The van der Waals surface area contributed by atoms with Crippen molar-refractivity contribution in [1.82, 2.24) is 15.1 Å². The van der Waals surface area contributed by atoms with Gasteiger partial charge in [-0.15, -0.1) is 0 Å². The average molecular weight is 336 g/mol. The highest BCUT2D eigenvalue weighted by molar-refractivity contribution is 9.10. The molecule has 1 saturated carbocycles. The first-order valence-corrected chi connectivity index (χ1v) is 7.54. The predicted molar refractivity (Wildman–Crippen MR) is 74.3 cm³/mol. The zero-order valence-electron chi connectivity index (χ0n) is 11.3. The monoisotopic (exact) mass is 335 g/mol. The van der Waals surface area contributed by atoms with Crippen LogP contribution in [0.2, 0.25) is 0 Å². The Morgan fingerprint density at radius 3 is 2.68 bits per heavy atom. The molecular formula is C13H20BrF2N3. The van der Waals surface area contributed by atoms with Gasteiger partial charge in [-0.3, -0.25) is 4.68 Å². The number of alkyl halides is 2. The minimum Gasteiger partial charge on any atom is -0.311 e. The van der Waals surface area contributed by atoms with E-state index < -0.39 is 5.92 Å². The molecule has 2 rings (SSSR count). The minimum absolute atomic E-state index is 0.00622. The second-order valence-corrected chi connectivity index (χ2v) is 6.01. The average Bonchev–Trinajstić information content (AvgIpc) is 2.74. The van der Waals surface area contributed by atoms with Crippen molar-refractivity contribution >= 4 is 15.9 Å². The summed E-state index contributed by atoms with van der Waals surface area (Å²) in [5.41, 5.74) is 1.07. The maximum Gasteiger partial charge on any atom is 0.248 e. The Bertz CT molecular complexity index is 424. The van der Waals surface area contributed by atoms with Crippen molar-refractivity contribution in [2.24, 2.45) is 5.92 Å². The Kier molecular flexibility index (Phi) is 4.61. The molecule has 19 heavy (non-hydrogen) atoms. The molecule has 108 valence electrons. The molecule has 0 radical (unpaired) electrons. The van der Waals surface area contributed by atoms with Gasteiger partial charge < -0.3 is 5.32 Å². The van der Waals surface area contributed by atoms with Gasteiger partial charge >= 0.3 is 0 Å². The fourth-order valence-electron chi connectivity index (χ4n) is 2.92. The molecule has 0 bridgehead atoms. The van der Waals surface area contributed by atoms with Crippen molar-refractivity contribution in [2.75, 3.05) is 7.05 Å². The van der Waals surface area contributed by atoms with Crippen molar-refractivity contribution in [3.05, 3.63) is 16.4 Å². The summed E-state index contributed by atoms with van der Waals surface area (Å²) >= 11 is 3.52. The van der Waals surface area contributed by atoms with Gasteiger partial charge in [0, 0.05) is 19.4 Å². The molecule has 0 aromatic carbocycles. The van der Waals surface area contributed by atoms with Crippen LogP contribution in [0.1, 0.15) is 44.3 Å². The Morgan fingerprint density at radius 2 is 2.16 bits per heavy atom. The number of aromatic nitrogens is 2. The molecule has 0 spiro atoms. The summed E-state index contributed by atoms with van der Waals surface area (Å²) in [6.07, 6.45) is 2.88. The van der Waals surface area contributed by atoms with E-state index in [0.717, 1.165) is 16.7 Å². The van der Waals surface area contributed by atoms with Gasteiger partial charge in [-0.05, 0) is 48.7 Å². The van der Waals surface area contributed by atoms with Gasteiger partial charge in [-0.25, -0.2) is 8.78 Å². The van der Waals surface area contributed by atoms with E-state index in [9.17, 15) is 8.78 Å². The van der Waals surface area contributed by atoms with Gasteiger partial charge in [-0.2, -0.15) is 5.10 Å². The highest BCUT2D eigenvalue weighted by Crippen LogP contribution is 2.42. The molecule has 1 aromatic heterocycles. The lowest BCUT2D eigenvalue weighted by molar-refractivity contribution is -0.0498. The summed E-state index contributed by atoms with van der Waals surface area (Å²) in [5.74, 6) is -2.24. The Balaban J connectivity index is 2.18. The minimum atomic E-state index is -2.48. The first kappa shape index (κ1) is 14.9. The third kappa shape index (κ3) is 3.16. The fraction of sp³-hybridized carbons (Fsp3) is 0.769. The van der Waals surface area contributed by atoms with Gasteiger partial charge in [0.05, 0.1) is 22.4 Å². The van der Waals surface area contributed by atoms with Crippen LogP contribution in [0.25, 0.3) is 0 Å². The zero-order valence-corrected chi connectivity index (χ0v) is 12.9. The molecule has 1 heterocycles. The van der Waals surface area contributed by atoms with Crippen LogP contribution in [0.15, 0.2) is 10.7 Å². The van der Waals surface area contributed by atoms with Gasteiger partial charge in [0.25, 0.3) is 0 Å². The van der Waals surface area contributed by atoms with Crippen LogP contribution in [-0.2, 0) is 6.54 Å². The van der Waals surface area contributed by atoms with Crippen LogP contribution < -0.4 is 5.32 Å². The molecule has 0 aliphatic heterocycles. The quantitative estimate of drug-likeness (QED) is 0.908. The molecular weight excluding hydrogens is 316 g/mol. The van der Waals surface area contributed by atoms with Gasteiger partial charge in [0.15, 0.2) is 0 Å². The van der Waals surface area contributed by atoms with Gasteiger partial charge in [0.1, 0.15) is 0 Å². The first-order chi connectivity index (χ1) is 8.98. The van der Waals surface area contributed by atoms with E-state index in [1.54, 1.807) is 6.20 Å². The number of nitrogens with zero attached hydrogens (tertiary/aromatic N) is 2. The molecule has 1 unspecified atom stereocenters. The number of halogens is 3. The van der Waals surface area contributed by atoms with E-state index >= 15 is 0 Å². The van der Waals surface area contributed by atoms with E-state index in [1.807, 2.05) is 18.7 Å². The summed E-state index contributed by atoms with van der Waals surface area (Å²) < 4.78 is 29.4. The topological polar surface area (TPSA) is 29.9 Å². The Morgan fingerprint density at radius 1 is 1.53 bits per heavy atom. The molecule has 1 aromatic rings. The van der Waals surface area contributed by atoms with Crippen molar-refractivity contribution in [3.63, 3.8) is 0 Å². The van der Waals surface area contributed by atoms with E-state index in [0.29, 0.717) is 12.8 Å². The van der Waals surface area contributed by atoms with Crippen molar-refractivity contribution in [3.8, 4) is 0 Å². The first-order valence-electron chi connectivity index (χ1n) is 6.75. The normalized spacial score (nSPS) is 21.5. The maximum atomic E-state index is 13.3. The standard InChI is InChI=1S/C13H20BrF2N3/c1-3-19-12(10(14)8-18-19)11(17-2)9-4-6-13(15,16)7-5-9/h8-9,11,17H,3-7H2,1-2H3. The van der Waals surface area contributed by atoms with Crippen LogP contribution in [-0.4, -0.2) is 22.8 Å². The molecule has 1 N–H and O–H groups in total. The third-order valence-corrected chi connectivity index (χ3v) is 4.58. The third-order valence-electron chi connectivity index (χ3n) is 3.97. The zero-order chi connectivity index (χ0) is 14.0. The number of aryl methyl sites for hydroxylation is 1. The second-order valence-electron chi connectivity index (χ2n) is 5.15. The largest absolute Gasteiger partial charge is 0.311 e. The summed E-state index contributed by atoms with van der Waals surface area (Å²) in [5, 5.41) is 7.59. The molecule has 1 atom stereocenters. The molecule has 0 saturated heterocycles. The molecule has 3 nitrogen and oxygen atoms in total. The lowest BCUT2D eigenvalue weighted by Gasteiger charge is -2.34. The van der Waals surface area contributed by atoms with Crippen LogP contribution >= 0.6 is 15.9 Å². The molecule has 1 fully saturated rings. The smallest absolute Gasteiger partial charge is 0.248 e. The molecule has 1 aliphatic rings. The van der Waals surface area contributed by atoms with Crippen LogP contribution in [0, 0.1) is 5.92 Å². The van der Waals surface area contributed by atoms with E-state index in [2.05, 4.69) is 26.3 Å². The van der Waals surface area contributed by atoms with Crippen LogP contribution in [0.3, 0.4) is 0 Å². The molecule has 1 aliphatic carbocycles. The lowest BCUT2D eigenvalue weighted by atomic mass is 9.81. The second kappa shape index (κ2) is 5.87. The van der Waals surface area contributed by atoms with Gasteiger partial charge in [-0.1, -0.05) is 0 Å². The summed E-state index contributed by atoms with van der Waals surface area (Å²) in [6.45, 7) is 2.81. The van der Waals surface area contributed by atoms with Crippen molar-refractivity contribution in [1.29, 1.82) is 0 Å². The SMILES string of the molecule is CCn1ncc(Br)c1C(NC)C1CCC(F)(F)CC1. The van der Waals surface area contributed by atoms with E-state index in [1.165, 1.54) is 0 Å². The van der Waals surface area contributed by atoms with Crippen molar-refractivity contribution in [2.45, 2.75) is 51.1 Å². The fourth-order valence-corrected chi connectivity index (χ4v) is 3.47. The number of nitrogens with one attached hydrogen (secondary N) is 1.